The second-order valence-electron chi connectivity index (χ2n) is 8.68. The van der Waals surface area contributed by atoms with E-state index in [0.717, 1.165) is 50.0 Å². The molecule has 6 nitrogen and oxygen atoms in total. The van der Waals surface area contributed by atoms with Crippen LogP contribution in [0.15, 0.2) is 23.2 Å². The fraction of sp³-hybridized carbons (Fsp3) is 0.708. The number of nitrogens with one attached hydrogen (secondary N) is 2. The van der Waals surface area contributed by atoms with Crippen LogP contribution in [0, 0.1) is 18.8 Å². The Labute approximate surface area is 182 Å². The Morgan fingerprint density at radius 1 is 1.23 bits per heavy atom. The monoisotopic (exact) mass is 416 g/mol. The Morgan fingerprint density at radius 2 is 2.13 bits per heavy atom. The van der Waals surface area contributed by atoms with Crippen molar-refractivity contribution in [2.24, 2.45) is 16.8 Å². The van der Waals surface area contributed by atoms with Crippen molar-refractivity contribution in [1.29, 1.82) is 0 Å². The van der Waals surface area contributed by atoms with Crippen LogP contribution in [-0.4, -0.2) is 63.4 Å². The van der Waals surface area contributed by atoms with Crippen LogP contribution in [-0.2, 0) is 11.3 Å². The molecule has 0 radical (unpaired) electrons. The van der Waals surface area contributed by atoms with Gasteiger partial charge in [0.2, 0.25) is 0 Å². The molecular weight excluding hydrogens is 376 g/mol. The summed E-state index contributed by atoms with van der Waals surface area (Å²) in [6, 6.07) is 6.40. The summed E-state index contributed by atoms with van der Waals surface area (Å²) in [6.45, 7) is 14.9. The van der Waals surface area contributed by atoms with Gasteiger partial charge in [-0.1, -0.05) is 19.1 Å². The van der Waals surface area contributed by atoms with Crippen molar-refractivity contribution < 1.29 is 9.47 Å². The zero-order valence-corrected chi connectivity index (χ0v) is 19.1. The number of aryl methyl sites for hydroxylation is 1. The average Bonchev–Trinajstić information content (AvgIpc) is 3.42. The van der Waals surface area contributed by atoms with Crippen molar-refractivity contribution in [3.63, 3.8) is 0 Å². The molecule has 0 saturated carbocycles. The van der Waals surface area contributed by atoms with E-state index in [-0.39, 0.29) is 0 Å². The number of rotatable bonds is 10. The third-order valence-corrected chi connectivity index (χ3v) is 5.94. The summed E-state index contributed by atoms with van der Waals surface area (Å²) >= 11 is 0. The highest BCUT2D eigenvalue weighted by atomic mass is 16.5. The number of likely N-dealkylation sites (tertiary alicyclic amines) is 1. The van der Waals surface area contributed by atoms with E-state index in [1.54, 1.807) is 0 Å². The molecule has 0 aromatic heterocycles. The molecule has 30 heavy (non-hydrogen) atoms. The molecule has 0 aliphatic carbocycles. The summed E-state index contributed by atoms with van der Waals surface area (Å²) in [7, 11) is 0. The van der Waals surface area contributed by atoms with Gasteiger partial charge in [-0.05, 0) is 63.7 Å². The molecule has 0 spiro atoms. The molecular formula is C24H40N4O2. The second kappa shape index (κ2) is 12.2. The van der Waals surface area contributed by atoms with Gasteiger partial charge in [-0.2, -0.15) is 0 Å². The van der Waals surface area contributed by atoms with Crippen LogP contribution in [0.2, 0.25) is 0 Å². The molecule has 2 saturated heterocycles. The van der Waals surface area contributed by atoms with Gasteiger partial charge in [-0.15, -0.1) is 0 Å². The van der Waals surface area contributed by atoms with E-state index in [1.807, 2.05) is 0 Å². The van der Waals surface area contributed by atoms with Crippen molar-refractivity contribution in [1.82, 2.24) is 15.5 Å². The maximum Gasteiger partial charge on any atom is 0.191 e. The van der Waals surface area contributed by atoms with Crippen molar-refractivity contribution in [2.45, 2.75) is 46.6 Å². The predicted octanol–water partition coefficient (Wildman–Crippen LogP) is 3.20. The number of aliphatic imine (C=N–C) groups is 1. The molecule has 2 heterocycles. The normalized spacial score (nSPS) is 22.4. The van der Waals surface area contributed by atoms with Crippen LogP contribution in [0.4, 0.5) is 0 Å². The Kier molecular flexibility index (Phi) is 9.27. The summed E-state index contributed by atoms with van der Waals surface area (Å²) in [4.78, 5) is 7.42. The van der Waals surface area contributed by atoms with Crippen molar-refractivity contribution in [3.05, 3.63) is 29.3 Å². The first-order valence-corrected chi connectivity index (χ1v) is 11.7. The molecule has 6 heteroatoms. The van der Waals surface area contributed by atoms with E-state index in [4.69, 9.17) is 14.5 Å². The molecule has 2 aliphatic heterocycles. The average molecular weight is 417 g/mol. The van der Waals surface area contributed by atoms with Crippen LogP contribution in [0.3, 0.4) is 0 Å². The summed E-state index contributed by atoms with van der Waals surface area (Å²) < 4.78 is 11.6. The third-order valence-electron chi connectivity index (χ3n) is 5.94. The first-order chi connectivity index (χ1) is 14.7. The van der Waals surface area contributed by atoms with Crippen LogP contribution in [0.1, 0.15) is 44.2 Å². The van der Waals surface area contributed by atoms with Gasteiger partial charge >= 0.3 is 0 Å². The van der Waals surface area contributed by atoms with Crippen LogP contribution >= 0.6 is 0 Å². The van der Waals surface area contributed by atoms with Crippen LogP contribution in [0.5, 0.6) is 5.75 Å². The fourth-order valence-electron chi connectivity index (χ4n) is 4.19. The molecule has 2 aliphatic rings. The highest BCUT2D eigenvalue weighted by molar-refractivity contribution is 5.79. The lowest BCUT2D eigenvalue weighted by molar-refractivity contribution is 0.166. The van der Waals surface area contributed by atoms with Gasteiger partial charge in [-0.3, -0.25) is 0 Å². The lowest BCUT2D eigenvalue weighted by atomic mass is 10.1. The highest BCUT2D eigenvalue weighted by Gasteiger charge is 2.21. The minimum atomic E-state index is 0.500. The first-order valence-electron chi connectivity index (χ1n) is 11.7. The van der Waals surface area contributed by atoms with E-state index < -0.39 is 0 Å². The van der Waals surface area contributed by atoms with E-state index >= 15 is 0 Å². The van der Waals surface area contributed by atoms with Gasteiger partial charge in [0.05, 0.1) is 19.8 Å². The smallest absolute Gasteiger partial charge is 0.191 e. The predicted molar refractivity (Wildman–Crippen MR) is 123 cm³/mol. The zero-order valence-electron chi connectivity index (χ0n) is 19.1. The maximum absolute atomic E-state index is 6.17. The molecule has 0 amide bonds. The van der Waals surface area contributed by atoms with Crippen LogP contribution < -0.4 is 15.4 Å². The molecule has 2 unspecified atom stereocenters. The molecule has 2 atom stereocenters. The van der Waals surface area contributed by atoms with E-state index in [0.29, 0.717) is 25.0 Å². The second-order valence-corrected chi connectivity index (χ2v) is 8.68. The van der Waals surface area contributed by atoms with Gasteiger partial charge in [0.1, 0.15) is 5.75 Å². The highest BCUT2D eigenvalue weighted by Crippen LogP contribution is 2.23. The topological polar surface area (TPSA) is 58.1 Å². The summed E-state index contributed by atoms with van der Waals surface area (Å²) in [6.07, 6.45) is 3.59. The lowest BCUT2D eigenvalue weighted by Crippen LogP contribution is -2.40. The number of guanidine groups is 1. The number of ether oxygens (including phenoxy) is 2. The summed E-state index contributed by atoms with van der Waals surface area (Å²) in [5, 5.41) is 6.95. The molecule has 2 N–H and O–H groups in total. The van der Waals surface area contributed by atoms with E-state index in [2.05, 4.69) is 54.5 Å². The van der Waals surface area contributed by atoms with Crippen LogP contribution in [0.25, 0.3) is 0 Å². The molecule has 0 bridgehead atoms. The summed E-state index contributed by atoms with van der Waals surface area (Å²) in [5.41, 5.74) is 2.34. The van der Waals surface area contributed by atoms with E-state index in [9.17, 15) is 0 Å². The zero-order chi connectivity index (χ0) is 21.2. The number of hydrogen-bond acceptors (Lipinski definition) is 4. The lowest BCUT2D eigenvalue weighted by Gasteiger charge is -2.17. The minimum Gasteiger partial charge on any atom is -0.493 e. The van der Waals surface area contributed by atoms with E-state index in [1.165, 1.54) is 38.0 Å². The number of benzene rings is 1. The molecule has 1 aromatic rings. The van der Waals surface area contributed by atoms with Crippen molar-refractivity contribution >= 4 is 5.96 Å². The fourth-order valence-corrected chi connectivity index (χ4v) is 4.19. The Bertz CT molecular complexity index is 673. The molecule has 168 valence electrons. The minimum absolute atomic E-state index is 0.500. The number of nitrogens with zero attached hydrogens (tertiary/aromatic N) is 2. The van der Waals surface area contributed by atoms with Gasteiger partial charge < -0.3 is 25.0 Å². The molecule has 1 aromatic carbocycles. The summed E-state index contributed by atoms with van der Waals surface area (Å²) in [5.74, 6) is 3.04. The SMILES string of the molecule is CCCN1CCC(CNC(=NCc2ccc(C)cc2OCC2CCOC2)NCC)C1. The third kappa shape index (κ3) is 7.17. The first kappa shape index (κ1) is 22.9. The van der Waals surface area contributed by atoms with Gasteiger partial charge in [-0.25, -0.2) is 4.99 Å². The Hall–Kier alpha value is -1.79. The van der Waals surface area contributed by atoms with Gasteiger partial charge in [0, 0.05) is 37.7 Å². The van der Waals surface area contributed by atoms with Gasteiger partial charge in [0.15, 0.2) is 5.96 Å². The largest absolute Gasteiger partial charge is 0.493 e. The quantitative estimate of drug-likeness (QED) is 0.453. The maximum atomic E-state index is 6.17. The molecule has 3 rings (SSSR count). The van der Waals surface area contributed by atoms with Gasteiger partial charge in [0.25, 0.3) is 0 Å². The standard InChI is InChI=1S/C24H40N4O2/c1-4-10-28-11-8-20(16-28)14-26-24(25-5-2)27-15-22-7-6-19(3)13-23(22)30-18-21-9-12-29-17-21/h6-7,13,20-21H,4-5,8-12,14-18H2,1-3H3,(H2,25,26,27). The Balaban J connectivity index is 1.55. The number of hydrogen-bond donors (Lipinski definition) is 2. The Morgan fingerprint density at radius 3 is 2.90 bits per heavy atom. The van der Waals surface area contributed by atoms with Crippen molar-refractivity contribution in [3.8, 4) is 5.75 Å². The molecule has 2 fully saturated rings. The van der Waals surface area contributed by atoms with Crippen molar-refractivity contribution in [2.75, 3.05) is 52.5 Å².